The molecular formula is C13H14FN3O. The number of nitrogens with one attached hydrogen (secondary N) is 1. The summed E-state index contributed by atoms with van der Waals surface area (Å²) in [5.74, 6) is -0.720. The van der Waals surface area contributed by atoms with E-state index in [-0.39, 0.29) is 11.9 Å². The quantitative estimate of drug-likeness (QED) is 0.902. The third kappa shape index (κ3) is 2.74. The highest BCUT2D eigenvalue weighted by molar-refractivity contribution is 5.94. The molecule has 4 nitrogen and oxygen atoms in total. The molecule has 18 heavy (non-hydrogen) atoms. The maximum atomic E-state index is 13.0. The Labute approximate surface area is 104 Å². The van der Waals surface area contributed by atoms with Crippen molar-refractivity contribution in [3.05, 3.63) is 53.6 Å². The Hall–Kier alpha value is -2.17. The van der Waals surface area contributed by atoms with Crippen molar-refractivity contribution in [3.63, 3.8) is 0 Å². The van der Waals surface area contributed by atoms with E-state index in [1.54, 1.807) is 16.9 Å². The number of hydrogen-bond acceptors (Lipinski definition) is 2. The fourth-order valence-electron chi connectivity index (χ4n) is 1.66. The van der Waals surface area contributed by atoms with Gasteiger partial charge < -0.3 is 5.32 Å². The van der Waals surface area contributed by atoms with Gasteiger partial charge in [0.1, 0.15) is 5.82 Å². The molecule has 1 aromatic carbocycles. The Morgan fingerprint density at radius 3 is 2.89 bits per heavy atom. The predicted octanol–water partition coefficient (Wildman–Crippen LogP) is 2.05. The van der Waals surface area contributed by atoms with E-state index in [2.05, 4.69) is 10.4 Å². The number of nitrogens with zero attached hydrogens (tertiary/aromatic N) is 2. The largest absolute Gasteiger partial charge is 0.345 e. The molecule has 0 spiro atoms. The van der Waals surface area contributed by atoms with Crippen molar-refractivity contribution >= 4 is 5.91 Å². The number of halogens is 1. The number of benzene rings is 1. The van der Waals surface area contributed by atoms with Crippen molar-refractivity contribution in [1.82, 2.24) is 15.1 Å². The van der Waals surface area contributed by atoms with Crippen LogP contribution in [-0.4, -0.2) is 15.7 Å². The molecule has 0 saturated heterocycles. The van der Waals surface area contributed by atoms with E-state index < -0.39 is 5.82 Å². The molecule has 0 aliphatic rings. The van der Waals surface area contributed by atoms with Crippen LogP contribution in [-0.2, 0) is 7.05 Å². The van der Waals surface area contributed by atoms with E-state index in [0.29, 0.717) is 5.56 Å². The minimum Gasteiger partial charge on any atom is -0.345 e. The molecule has 1 N–H and O–H groups in total. The lowest BCUT2D eigenvalue weighted by Gasteiger charge is -2.12. The molecule has 94 valence electrons. The van der Waals surface area contributed by atoms with Crippen LogP contribution >= 0.6 is 0 Å². The van der Waals surface area contributed by atoms with Crippen molar-refractivity contribution in [2.24, 2.45) is 7.05 Å². The molecule has 5 heteroatoms. The summed E-state index contributed by atoms with van der Waals surface area (Å²) in [5.41, 5.74) is 1.22. The van der Waals surface area contributed by atoms with Crippen molar-refractivity contribution in [3.8, 4) is 0 Å². The Morgan fingerprint density at radius 1 is 1.50 bits per heavy atom. The molecule has 1 unspecified atom stereocenters. The maximum Gasteiger partial charge on any atom is 0.251 e. The smallest absolute Gasteiger partial charge is 0.251 e. The molecule has 2 rings (SSSR count). The van der Waals surface area contributed by atoms with E-state index in [1.807, 2.05) is 20.2 Å². The van der Waals surface area contributed by atoms with Gasteiger partial charge in [0, 0.05) is 24.4 Å². The third-order valence-electron chi connectivity index (χ3n) is 2.66. The van der Waals surface area contributed by atoms with Crippen LogP contribution < -0.4 is 5.32 Å². The summed E-state index contributed by atoms with van der Waals surface area (Å²) in [7, 11) is 1.81. The van der Waals surface area contributed by atoms with Gasteiger partial charge >= 0.3 is 0 Å². The number of aromatic nitrogens is 2. The van der Waals surface area contributed by atoms with Crippen LogP contribution in [0.15, 0.2) is 36.7 Å². The number of aryl methyl sites for hydroxylation is 1. The first-order valence-corrected chi connectivity index (χ1v) is 5.61. The molecule has 1 atom stereocenters. The summed E-state index contributed by atoms with van der Waals surface area (Å²) in [6.45, 7) is 1.86. The molecule has 0 aliphatic heterocycles. The second kappa shape index (κ2) is 5.00. The lowest BCUT2D eigenvalue weighted by molar-refractivity contribution is 0.0939. The molecule has 0 bridgehead atoms. The van der Waals surface area contributed by atoms with Gasteiger partial charge in [-0.3, -0.25) is 9.48 Å². The molecule has 1 aromatic heterocycles. The first-order valence-electron chi connectivity index (χ1n) is 5.61. The molecule has 0 radical (unpaired) electrons. The highest BCUT2D eigenvalue weighted by Gasteiger charge is 2.12. The number of carbonyl (C=O) groups excluding carboxylic acids is 1. The normalized spacial score (nSPS) is 12.2. The van der Waals surface area contributed by atoms with E-state index in [9.17, 15) is 9.18 Å². The fourth-order valence-corrected chi connectivity index (χ4v) is 1.66. The zero-order chi connectivity index (χ0) is 13.1. The van der Waals surface area contributed by atoms with E-state index in [0.717, 1.165) is 5.56 Å². The highest BCUT2D eigenvalue weighted by atomic mass is 19.1. The van der Waals surface area contributed by atoms with Crippen LogP contribution in [0.25, 0.3) is 0 Å². The van der Waals surface area contributed by atoms with Crippen LogP contribution in [0.4, 0.5) is 4.39 Å². The Bertz CT molecular complexity index is 565. The Morgan fingerprint density at radius 2 is 2.28 bits per heavy atom. The minimum atomic E-state index is -0.420. The Balaban J connectivity index is 2.08. The summed E-state index contributed by atoms with van der Waals surface area (Å²) in [6, 6.07) is 5.44. The van der Waals surface area contributed by atoms with E-state index in [1.165, 1.54) is 18.2 Å². The van der Waals surface area contributed by atoms with Gasteiger partial charge in [0.25, 0.3) is 5.91 Å². The monoisotopic (exact) mass is 247 g/mol. The summed E-state index contributed by atoms with van der Waals surface area (Å²) < 4.78 is 14.7. The van der Waals surface area contributed by atoms with Gasteiger partial charge in [0.15, 0.2) is 0 Å². The lowest BCUT2D eigenvalue weighted by Crippen LogP contribution is -2.26. The molecule has 0 fully saturated rings. The third-order valence-corrected chi connectivity index (χ3v) is 2.66. The van der Waals surface area contributed by atoms with Crippen molar-refractivity contribution < 1.29 is 9.18 Å². The van der Waals surface area contributed by atoms with Gasteiger partial charge in [-0.15, -0.1) is 0 Å². The van der Waals surface area contributed by atoms with Gasteiger partial charge in [-0.1, -0.05) is 6.07 Å². The SMILES string of the molecule is CC(NC(=O)c1cccc(F)c1)c1cnn(C)c1. The second-order valence-electron chi connectivity index (χ2n) is 4.15. The second-order valence-corrected chi connectivity index (χ2v) is 4.15. The maximum absolute atomic E-state index is 13.0. The molecule has 1 amide bonds. The Kier molecular flexibility index (Phi) is 3.41. The molecule has 2 aromatic rings. The molecular weight excluding hydrogens is 233 g/mol. The van der Waals surface area contributed by atoms with Gasteiger partial charge in [-0.05, 0) is 25.1 Å². The van der Waals surface area contributed by atoms with Gasteiger partial charge in [0.2, 0.25) is 0 Å². The zero-order valence-corrected chi connectivity index (χ0v) is 10.2. The van der Waals surface area contributed by atoms with Crippen LogP contribution in [0.1, 0.15) is 28.9 Å². The van der Waals surface area contributed by atoms with Crippen LogP contribution in [0.3, 0.4) is 0 Å². The zero-order valence-electron chi connectivity index (χ0n) is 10.2. The number of amides is 1. The average Bonchev–Trinajstić information content (AvgIpc) is 2.76. The number of carbonyl (C=O) groups is 1. The minimum absolute atomic E-state index is 0.172. The topological polar surface area (TPSA) is 46.9 Å². The van der Waals surface area contributed by atoms with Crippen LogP contribution in [0.2, 0.25) is 0 Å². The first kappa shape index (κ1) is 12.3. The summed E-state index contributed by atoms with van der Waals surface area (Å²) >= 11 is 0. The van der Waals surface area contributed by atoms with Crippen molar-refractivity contribution in [1.29, 1.82) is 0 Å². The summed E-state index contributed by atoms with van der Waals surface area (Å²) in [6.07, 6.45) is 3.52. The molecule has 0 aliphatic carbocycles. The molecule has 0 saturated carbocycles. The fraction of sp³-hybridized carbons (Fsp3) is 0.231. The van der Waals surface area contributed by atoms with Crippen LogP contribution in [0, 0.1) is 5.82 Å². The van der Waals surface area contributed by atoms with Gasteiger partial charge in [0.05, 0.1) is 12.2 Å². The van der Waals surface area contributed by atoms with Gasteiger partial charge in [-0.25, -0.2) is 4.39 Å². The van der Waals surface area contributed by atoms with Crippen LogP contribution in [0.5, 0.6) is 0 Å². The number of rotatable bonds is 3. The van der Waals surface area contributed by atoms with Gasteiger partial charge in [-0.2, -0.15) is 5.10 Å². The summed E-state index contributed by atoms with van der Waals surface area (Å²) in [4.78, 5) is 11.9. The summed E-state index contributed by atoms with van der Waals surface area (Å²) in [5, 5.41) is 6.83. The van der Waals surface area contributed by atoms with Crippen molar-refractivity contribution in [2.45, 2.75) is 13.0 Å². The lowest BCUT2D eigenvalue weighted by atomic mass is 10.1. The van der Waals surface area contributed by atoms with E-state index in [4.69, 9.17) is 0 Å². The predicted molar refractivity (Wildman–Crippen MR) is 65.5 cm³/mol. The average molecular weight is 247 g/mol. The highest BCUT2D eigenvalue weighted by Crippen LogP contribution is 2.12. The van der Waals surface area contributed by atoms with E-state index >= 15 is 0 Å². The molecule has 1 heterocycles. The first-order chi connectivity index (χ1) is 8.56. The standard InChI is InChI=1S/C13H14FN3O/c1-9(11-7-15-17(2)8-11)16-13(18)10-4-3-5-12(14)6-10/h3-9H,1-2H3,(H,16,18). The van der Waals surface area contributed by atoms with Crippen molar-refractivity contribution in [2.75, 3.05) is 0 Å². The number of hydrogen-bond donors (Lipinski definition) is 1.